The van der Waals surface area contributed by atoms with Crippen molar-refractivity contribution in [2.75, 3.05) is 31.1 Å². The molecule has 26 heavy (non-hydrogen) atoms. The van der Waals surface area contributed by atoms with Crippen molar-refractivity contribution in [3.05, 3.63) is 53.7 Å². The van der Waals surface area contributed by atoms with Crippen LogP contribution in [-0.4, -0.2) is 47.0 Å². The van der Waals surface area contributed by atoms with Gasteiger partial charge in [-0.3, -0.25) is 4.79 Å². The highest BCUT2D eigenvalue weighted by molar-refractivity contribution is 7.13. The molecule has 0 saturated carbocycles. The van der Waals surface area contributed by atoms with E-state index in [1.807, 2.05) is 17.5 Å². The Hall–Kier alpha value is -2.44. The summed E-state index contributed by atoms with van der Waals surface area (Å²) in [5.41, 5.74) is 1.82. The summed E-state index contributed by atoms with van der Waals surface area (Å²) >= 11 is 8.14. The second kappa shape index (κ2) is 7.05. The molecule has 132 valence electrons. The summed E-state index contributed by atoms with van der Waals surface area (Å²) in [5, 5.41) is 3.70. The van der Waals surface area contributed by atoms with Gasteiger partial charge in [-0.05, 0) is 29.7 Å². The maximum atomic E-state index is 11.8. The Labute approximate surface area is 160 Å². The van der Waals surface area contributed by atoms with Crippen LogP contribution in [0.15, 0.2) is 48.6 Å². The highest BCUT2D eigenvalue weighted by Gasteiger charge is 2.22. The molecule has 0 radical (unpaired) electrons. The van der Waals surface area contributed by atoms with Crippen LogP contribution in [0.4, 0.5) is 5.82 Å². The van der Waals surface area contributed by atoms with Crippen LogP contribution in [0.1, 0.15) is 0 Å². The van der Waals surface area contributed by atoms with E-state index >= 15 is 0 Å². The molecule has 3 aromatic rings. The van der Waals surface area contributed by atoms with E-state index < -0.39 is 0 Å². The molecule has 1 amide bonds. The first-order valence-corrected chi connectivity index (χ1v) is 9.57. The number of amides is 1. The molecule has 2 aromatic heterocycles. The fourth-order valence-electron chi connectivity index (χ4n) is 3.20. The number of nitrogens with zero attached hydrogens (tertiary/aromatic N) is 4. The van der Waals surface area contributed by atoms with Crippen molar-refractivity contribution >= 4 is 45.6 Å². The number of rotatable bonds is 3. The van der Waals surface area contributed by atoms with E-state index in [9.17, 15) is 4.79 Å². The van der Waals surface area contributed by atoms with E-state index in [1.165, 1.54) is 6.08 Å². The molecule has 0 bridgehead atoms. The largest absolute Gasteiger partial charge is 0.352 e. The third-order valence-corrected chi connectivity index (χ3v) is 5.77. The van der Waals surface area contributed by atoms with Gasteiger partial charge in [0.25, 0.3) is 0 Å². The van der Waals surface area contributed by atoms with E-state index in [4.69, 9.17) is 11.6 Å². The Morgan fingerprint density at radius 1 is 1.23 bits per heavy atom. The topological polar surface area (TPSA) is 49.3 Å². The number of benzene rings is 1. The zero-order chi connectivity index (χ0) is 18.1. The molecule has 0 unspecified atom stereocenters. The van der Waals surface area contributed by atoms with Gasteiger partial charge in [0.05, 0.1) is 10.5 Å². The predicted molar refractivity (Wildman–Crippen MR) is 107 cm³/mol. The number of carbonyl (C=O) groups excluding carboxylic acids is 1. The van der Waals surface area contributed by atoms with Gasteiger partial charge in [0.2, 0.25) is 5.91 Å². The van der Waals surface area contributed by atoms with Gasteiger partial charge in [-0.1, -0.05) is 24.2 Å². The van der Waals surface area contributed by atoms with Crippen LogP contribution in [0, 0.1) is 0 Å². The van der Waals surface area contributed by atoms with Crippen molar-refractivity contribution in [1.82, 2.24) is 14.9 Å². The van der Waals surface area contributed by atoms with Gasteiger partial charge in [0.1, 0.15) is 12.1 Å². The lowest BCUT2D eigenvalue weighted by Crippen LogP contribution is -2.48. The maximum Gasteiger partial charge on any atom is 0.246 e. The summed E-state index contributed by atoms with van der Waals surface area (Å²) in [7, 11) is 0. The molecule has 0 N–H and O–H groups in total. The lowest BCUT2D eigenvalue weighted by molar-refractivity contribution is -0.126. The molecule has 3 heterocycles. The molecular formula is C19H17ClN4OS. The number of aromatic nitrogens is 2. The van der Waals surface area contributed by atoms with E-state index in [0.29, 0.717) is 18.1 Å². The Morgan fingerprint density at radius 2 is 2.04 bits per heavy atom. The van der Waals surface area contributed by atoms with Gasteiger partial charge in [0.15, 0.2) is 0 Å². The van der Waals surface area contributed by atoms with Crippen LogP contribution in [-0.2, 0) is 4.79 Å². The minimum atomic E-state index is -0.0241. The lowest BCUT2D eigenvalue weighted by atomic mass is 10.1. The predicted octanol–water partition coefficient (Wildman–Crippen LogP) is 3.85. The van der Waals surface area contributed by atoms with Gasteiger partial charge in [-0.25, -0.2) is 9.97 Å². The Bertz CT molecular complexity index is 965. The van der Waals surface area contributed by atoms with Crippen LogP contribution >= 0.6 is 22.9 Å². The van der Waals surface area contributed by atoms with Crippen LogP contribution in [0.2, 0.25) is 5.02 Å². The molecule has 5 nitrogen and oxygen atoms in total. The molecule has 0 atom stereocenters. The van der Waals surface area contributed by atoms with Crippen LogP contribution in [0.25, 0.3) is 21.3 Å². The first kappa shape index (κ1) is 17.0. The van der Waals surface area contributed by atoms with Gasteiger partial charge in [-0.15, -0.1) is 11.3 Å². The zero-order valence-corrected chi connectivity index (χ0v) is 15.6. The van der Waals surface area contributed by atoms with Crippen LogP contribution < -0.4 is 4.90 Å². The number of carbonyl (C=O) groups is 1. The average Bonchev–Trinajstić information content (AvgIpc) is 3.21. The number of hydrogen-bond donors (Lipinski definition) is 0. The Morgan fingerprint density at radius 3 is 2.73 bits per heavy atom. The van der Waals surface area contributed by atoms with Crippen LogP contribution in [0.3, 0.4) is 0 Å². The standard InChI is InChI=1S/C19H17ClN4OS/c1-2-18(25)23-5-7-24(8-6-23)19-14-10-13(17-4-3-9-26-17)15(20)11-16(14)21-12-22-19/h2-4,9-12H,1,5-8H2. The first-order valence-electron chi connectivity index (χ1n) is 8.32. The van der Waals surface area contributed by atoms with E-state index in [1.54, 1.807) is 22.6 Å². The summed E-state index contributed by atoms with van der Waals surface area (Å²) < 4.78 is 0. The molecule has 0 aliphatic carbocycles. The molecule has 7 heteroatoms. The molecule has 1 aliphatic rings. The quantitative estimate of drug-likeness (QED) is 0.643. The Balaban J connectivity index is 1.71. The average molecular weight is 385 g/mol. The molecule has 1 aliphatic heterocycles. The summed E-state index contributed by atoms with van der Waals surface area (Å²) in [6.07, 6.45) is 2.94. The minimum Gasteiger partial charge on any atom is -0.352 e. The van der Waals surface area contributed by atoms with E-state index in [0.717, 1.165) is 40.3 Å². The first-order chi connectivity index (χ1) is 12.7. The summed E-state index contributed by atoms with van der Waals surface area (Å²) in [6, 6.07) is 8.04. The molecule has 4 rings (SSSR count). The van der Waals surface area contributed by atoms with E-state index in [2.05, 4.69) is 33.6 Å². The molecule has 1 fully saturated rings. The number of thiophene rings is 1. The highest BCUT2D eigenvalue weighted by atomic mass is 35.5. The number of fused-ring (bicyclic) bond motifs is 1. The second-order valence-electron chi connectivity index (χ2n) is 6.04. The van der Waals surface area contributed by atoms with E-state index in [-0.39, 0.29) is 5.91 Å². The van der Waals surface area contributed by atoms with Gasteiger partial charge in [-0.2, -0.15) is 0 Å². The molecule has 1 saturated heterocycles. The van der Waals surface area contributed by atoms with Crippen LogP contribution in [0.5, 0.6) is 0 Å². The third kappa shape index (κ3) is 3.06. The molecule has 0 spiro atoms. The van der Waals surface area contributed by atoms with Crippen molar-refractivity contribution in [2.45, 2.75) is 0 Å². The number of piperazine rings is 1. The van der Waals surface area contributed by atoms with Gasteiger partial charge in [0, 0.05) is 42.0 Å². The molecule has 1 aromatic carbocycles. The Kier molecular flexibility index (Phi) is 4.61. The SMILES string of the molecule is C=CC(=O)N1CCN(c2ncnc3cc(Cl)c(-c4cccs4)cc23)CC1. The zero-order valence-electron chi connectivity index (χ0n) is 14.1. The van der Waals surface area contributed by atoms with Crippen molar-refractivity contribution in [2.24, 2.45) is 0 Å². The normalized spacial score (nSPS) is 14.7. The fraction of sp³-hybridized carbons (Fsp3) is 0.211. The van der Waals surface area contributed by atoms with Gasteiger partial charge >= 0.3 is 0 Å². The van der Waals surface area contributed by atoms with Crippen molar-refractivity contribution in [3.8, 4) is 10.4 Å². The van der Waals surface area contributed by atoms with Crippen molar-refractivity contribution in [3.63, 3.8) is 0 Å². The minimum absolute atomic E-state index is 0.0241. The summed E-state index contributed by atoms with van der Waals surface area (Å²) in [6.45, 7) is 6.32. The fourth-order valence-corrected chi connectivity index (χ4v) is 4.28. The summed E-state index contributed by atoms with van der Waals surface area (Å²) in [4.78, 5) is 25.8. The highest BCUT2D eigenvalue weighted by Crippen LogP contribution is 2.36. The van der Waals surface area contributed by atoms with Crippen molar-refractivity contribution in [1.29, 1.82) is 0 Å². The number of anilines is 1. The smallest absolute Gasteiger partial charge is 0.246 e. The second-order valence-corrected chi connectivity index (χ2v) is 7.40. The van der Waals surface area contributed by atoms with Gasteiger partial charge < -0.3 is 9.80 Å². The molecular weight excluding hydrogens is 368 g/mol. The number of hydrogen-bond acceptors (Lipinski definition) is 5. The summed E-state index contributed by atoms with van der Waals surface area (Å²) in [5.74, 6) is 0.860. The lowest BCUT2D eigenvalue weighted by Gasteiger charge is -2.35. The third-order valence-electron chi connectivity index (χ3n) is 4.56. The number of halogens is 1. The maximum absolute atomic E-state index is 11.8. The van der Waals surface area contributed by atoms with Crippen molar-refractivity contribution < 1.29 is 4.79 Å². The monoisotopic (exact) mass is 384 g/mol.